The van der Waals surface area contributed by atoms with Crippen molar-refractivity contribution in [3.8, 4) is 0 Å². The van der Waals surface area contributed by atoms with Gasteiger partial charge in [-0.05, 0) is 25.9 Å². The van der Waals surface area contributed by atoms with E-state index in [9.17, 15) is 0 Å². The van der Waals surface area contributed by atoms with Crippen molar-refractivity contribution in [3.63, 3.8) is 0 Å². The van der Waals surface area contributed by atoms with E-state index in [1.165, 1.54) is 25.9 Å². The average Bonchev–Trinajstić information content (AvgIpc) is 1.94. The lowest BCUT2D eigenvalue weighted by Crippen LogP contribution is -2.45. The molecule has 2 N–H and O–H groups in total. The Balaban J connectivity index is 2.38. The molecule has 0 spiro atoms. The first-order valence-electron chi connectivity index (χ1n) is 4.18. The maximum absolute atomic E-state index is 5.93. The van der Waals surface area contributed by atoms with Gasteiger partial charge in [-0.1, -0.05) is 13.3 Å². The molecule has 0 aromatic rings. The highest BCUT2D eigenvalue weighted by atomic mass is 15.1. The van der Waals surface area contributed by atoms with Crippen molar-refractivity contribution in [2.45, 2.75) is 25.8 Å². The van der Waals surface area contributed by atoms with Gasteiger partial charge in [-0.3, -0.25) is 0 Å². The highest BCUT2D eigenvalue weighted by Gasteiger charge is 2.22. The minimum Gasteiger partial charge on any atom is -0.327 e. The predicted octanol–water partition coefficient (Wildman–Crippen LogP) is 0.675. The van der Waals surface area contributed by atoms with Crippen molar-refractivity contribution in [2.75, 3.05) is 20.1 Å². The third-order valence-electron chi connectivity index (χ3n) is 2.52. The van der Waals surface area contributed by atoms with E-state index in [1.807, 2.05) is 0 Å². The summed E-state index contributed by atoms with van der Waals surface area (Å²) in [6.45, 7) is 4.60. The summed E-state index contributed by atoms with van der Waals surface area (Å²) < 4.78 is 0. The largest absolute Gasteiger partial charge is 0.327 e. The van der Waals surface area contributed by atoms with Crippen LogP contribution in [-0.2, 0) is 0 Å². The van der Waals surface area contributed by atoms with E-state index in [4.69, 9.17) is 5.73 Å². The molecule has 1 saturated heterocycles. The Labute approximate surface area is 63.4 Å². The molecule has 1 rings (SSSR count). The van der Waals surface area contributed by atoms with Gasteiger partial charge in [0.25, 0.3) is 0 Å². The molecule has 0 aliphatic carbocycles. The number of hydrogen-bond acceptors (Lipinski definition) is 2. The van der Waals surface area contributed by atoms with Crippen LogP contribution >= 0.6 is 0 Å². The van der Waals surface area contributed by atoms with Crippen molar-refractivity contribution in [2.24, 2.45) is 11.7 Å². The van der Waals surface area contributed by atoms with Gasteiger partial charge in [0, 0.05) is 12.6 Å². The van der Waals surface area contributed by atoms with E-state index in [0.29, 0.717) is 6.04 Å². The fraction of sp³-hybridized carbons (Fsp3) is 1.00. The number of nitrogens with two attached hydrogens (primary N) is 1. The maximum atomic E-state index is 5.93. The summed E-state index contributed by atoms with van der Waals surface area (Å²) in [6.07, 6.45) is 2.40. The van der Waals surface area contributed by atoms with E-state index in [2.05, 4.69) is 18.9 Å². The summed E-state index contributed by atoms with van der Waals surface area (Å²) in [5.74, 6) is 0.735. The van der Waals surface area contributed by atoms with Crippen molar-refractivity contribution in [1.82, 2.24) is 4.90 Å². The number of rotatable bonds is 1. The first-order chi connectivity index (χ1) is 4.74. The Morgan fingerprint density at radius 2 is 2.30 bits per heavy atom. The molecule has 1 heterocycles. The molecule has 0 saturated carbocycles. The second kappa shape index (κ2) is 3.35. The second-order valence-electron chi connectivity index (χ2n) is 3.38. The Hall–Kier alpha value is -0.0800. The smallest absolute Gasteiger partial charge is 0.00914 e. The van der Waals surface area contributed by atoms with Gasteiger partial charge in [0.05, 0.1) is 0 Å². The summed E-state index contributed by atoms with van der Waals surface area (Å²) in [6, 6.07) is 0.459. The number of piperidine rings is 1. The second-order valence-corrected chi connectivity index (χ2v) is 3.38. The number of nitrogens with zero attached hydrogens (tertiary/aromatic N) is 1. The van der Waals surface area contributed by atoms with Crippen LogP contribution in [0.2, 0.25) is 0 Å². The molecule has 0 aromatic heterocycles. The third kappa shape index (κ3) is 1.70. The van der Waals surface area contributed by atoms with Crippen molar-refractivity contribution < 1.29 is 0 Å². The highest BCUT2D eigenvalue weighted by Crippen LogP contribution is 2.16. The summed E-state index contributed by atoms with van der Waals surface area (Å²) in [5.41, 5.74) is 5.93. The van der Waals surface area contributed by atoms with Gasteiger partial charge in [-0.25, -0.2) is 0 Å². The molecule has 10 heavy (non-hydrogen) atoms. The predicted molar refractivity (Wildman–Crippen MR) is 43.9 cm³/mol. The van der Waals surface area contributed by atoms with Crippen LogP contribution < -0.4 is 5.73 Å². The molecular formula is C8H18N2. The number of likely N-dealkylation sites (tertiary alicyclic amines) is 1. The Morgan fingerprint density at radius 1 is 1.60 bits per heavy atom. The number of hydrogen-bond donors (Lipinski definition) is 1. The van der Waals surface area contributed by atoms with Crippen LogP contribution in [0.15, 0.2) is 0 Å². The molecule has 60 valence electrons. The van der Waals surface area contributed by atoms with E-state index >= 15 is 0 Å². The van der Waals surface area contributed by atoms with Crippen LogP contribution in [-0.4, -0.2) is 31.1 Å². The molecule has 1 aliphatic heterocycles. The average molecular weight is 142 g/mol. The van der Waals surface area contributed by atoms with Gasteiger partial charge < -0.3 is 10.6 Å². The van der Waals surface area contributed by atoms with Gasteiger partial charge >= 0.3 is 0 Å². The van der Waals surface area contributed by atoms with E-state index < -0.39 is 0 Å². The van der Waals surface area contributed by atoms with Crippen LogP contribution in [0.25, 0.3) is 0 Å². The fourth-order valence-corrected chi connectivity index (χ4v) is 1.66. The Morgan fingerprint density at radius 3 is 2.80 bits per heavy atom. The molecule has 2 nitrogen and oxygen atoms in total. The van der Waals surface area contributed by atoms with E-state index in [-0.39, 0.29) is 0 Å². The van der Waals surface area contributed by atoms with Gasteiger partial charge in [0.2, 0.25) is 0 Å². The summed E-state index contributed by atoms with van der Waals surface area (Å²) in [5, 5.41) is 0. The maximum Gasteiger partial charge on any atom is 0.00914 e. The first-order valence-corrected chi connectivity index (χ1v) is 4.18. The fourth-order valence-electron chi connectivity index (χ4n) is 1.66. The molecule has 0 unspecified atom stereocenters. The normalized spacial score (nSPS) is 36.3. The zero-order valence-electron chi connectivity index (χ0n) is 7.01. The minimum absolute atomic E-state index is 0.459. The van der Waals surface area contributed by atoms with Crippen LogP contribution in [0.3, 0.4) is 0 Å². The van der Waals surface area contributed by atoms with Gasteiger partial charge in [-0.15, -0.1) is 0 Å². The lowest BCUT2D eigenvalue weighted by Gasteiger charge is -2.33. The molecule has 1 fully saturated rings. The lowest BCUT2D eigenvalue weighted by molar-refractivity contribution is 0.182. The standard InChI is InChI=1S/C8H18N2/c1-3-7-6-10(2)5-4-8(7)9/h7-8H,3-6,9H2,1-2H3/t7-,8-/m1/s1. The molecule has 0 amide bonds. The molecule has 0 bridgehead atoms. The molecule has 0 radical (unpaired) electrons. The minimum atomic E-state index is 0.459. The SMILES string of the molecule is CC[C@@H]1CN(C)CC[C@H]1N. The first kappa shape index (κ1) is 8.02. The van der Waals surface area contributed by atoms with Crippen LogP contribution in [0.1, 0.15) is 19.8 Å². The molecular weight excluding hydrogens is 124 g/mol. The van der Waals surface area contributed by atoms with Gasteiger partial charge in [0.15, 0.2) is 0 Å². The van der Waals surface area contributed by atoms with Crippen molar-refractivity contribution in [3.05, 3.63) is 0 Å². The summed E-state index contributed by atoms with van der Waals surface area (Å²) in [4.78, 5) is 2.37. The van der Waals surface area contributed by atoms with Crippen molar-refractivity contribution >= 4 is 0 Å². The van der Waals surface area contributed by atoms with E-state index in [0.717, 1.165) is 5.92 Å². The van der Waals surface area contributed by atoms with Crippen LogP contribution in [0.4, 0.5) is 0 Å². The van der Waals surface area contributed by atoms with E-state index in [1.54, 1.807) is 0 Å². The lowest BCUT2D eigenvalue weighted by atomic mass is 9.91. The monoisotopic (exact) mass is 142 g/mol. The molecule has 2 atom stereocenters. The molecule has 0 aromatic carbocycles. The topological polar surface area (TPSA) is 29.3 Å². The van der Waals surface area contributed by atoms with Gasteiger partial charge in [-0.2, -0.15) is 0 Å². The molecule has 2 heteroatoms. The molecule has 1 aliphatic rings. The third-order valence-corrected chi connectivity index (χ3v) is 2.52. The van der Waals surface area contributed by atoms with Crippen molar-refractivity contribution in [1.29, 1.82) is 0 Å². The zero-order valence-corrected chi connectivity index (χ0v) is 7.01. The van der Waals surface area contributed by atoms with Crippen LogP contribution in [0.5, 0.6) is 0 Å². The van der Waals surface area contributed by atoms with Crippen LogP contribution in [0, 0.1) is 5.92 Å². The zero-order chi connectivity index (χ0) is 7.56. The Kier molecular flexibility index (Phi) is 2.69. The highest BCUT2D eigenvalue weighted by molar-refractivity contribution is 4.80. The quantitative estimate of drug-likeness (QED) is 0.583. The summed E-state index contributed by atoms with van der Waals surface area (Å²) in [7, 11) is 2.18. The van der Waals surface area contributed by atoms with Gasteiger partial charge in [0.1, 0.15) is 0 Å². The Bertz CT molecular complexity index is 103. The summed E-state index contributed by atoms with van der Waals surface area (Å²) >= 11 is 0.